The summed E-state index contributed by atoms with van der Waals surface area (Å²) in [6.07, 6.45) is 1.80. The normalized spacial score (nSPS) is 10.8. The van der Waals surface area contributed by atoms with E-state index < -0.39 is 0 Å². The van der Waals surface area contributed by atoms with E-state index in [1.165, 1.54) is 11.3 Å². The summed E-state index contributed by atoms with van der Waals surface area (Å²) in [6, 6.07) is 19.6. The van der Waals surface area contributed by atoms with Crippen molar-refractivity contribution in [2.75, 3.05) is 5.32 Å². The summed E-state index contributed by atoms with van der Waals surface area (Å²) < 4.78 is 5.47. The minimum atomic E-state index is -0.0627. The number of carbonyl (C=O) groups excluding carboxylic acids is 1. The van der Waals surface area contributed by atoms with E-state index in [1.807, 2.05) is 67.6 Å². The fourth-order valence-electron chi connectivity index (χ4n) is 2.92. The third kappa shape index (κ3) is 4.57. The van der Waals surface area contributed by atoms with Crippen LogP contribution in [0, 0.1) is 0 Å². The van der Waals surface area contributed by atoms with E-state index in [0.717, 1.165) is 21.7 Å². The molecule has 0 aliphatic carbocycles. The zero-order valence-corrected chi connectivity index (χ0v) is 16.8. The Bertz CT molecular complexity index is 1090. The van der Waals surface area contributed by atoms with E-state index in [0.29, 0.717) is 36.1 Å². The van der Waals surface area contributed by atoms with Crippen molar-refractivity contribution >= 4 is 22.4 Å². The first-order valence-electron chi connectivity index (χ1n) is 9.46. The molecule has 4 aromatic rings. The second kappa shape index (κ2) is 8.79. The van der Waals surface area contributed by atoms with Crippen LogP contribution in [0.1, 0.15) is 24.6 Å². The second-order valence-electron chi connectivity index (χ2n) is 6.47. The fourth-order valence-corrected chi connectivity index (χ4v) is 3.91. The second-order valence-corrected chi connectivity index (χ2v) is 7.47. The van der Waals surface area contributed by atoms with Gasteiger partial charge in [0, 0.05) is 12.0 Å². The molecule has 4 rings (SSSR count). The molecule has 0 saturated carbocycles. The predicted octanol–water partition coefficient (Wildman–Crippen LogP) is 4.99. The molecule has 6 nitrogen and oxygen atoms in total. The number of hydrogen-bond donors (Lipinski definition) is 1. The number of aromatic nitrogens is 3. The lowest BCUT2D eigenvalue weighted by Gasteiger charge is -2.01. The van der Waals surface area contributed by atoms with Gasteiger partial charge in [0.05, 0.1) is 5.69 Å². The van der Waals surface area contributed by atoms with Crippen molar-refractivity contribution < 1.29 is 9.32 Å². The Morgan fingerprint density at radius 3 is 2.48 bits per heavy atom. The van der Waals surface area contributed by atoms with Crippen molar-refractivity contribution in [3.63, 3.8) is 0 Å². The third-order valence-corrected chi connectivity index (χ3v) is 5.42. The quantitative estimate of drug-likeness (QED) is 0.469. The van der Waals surface area contributed by atoms with Crippen LogP contribution in [-0.4, -0.2) is 21.0 Å². The SMILES string of the molecule is CCc1nc(NC(=O)CCc2ccccc2)sc1-c1nc(-c2ccccc2)no1. The Labute approximate surface area is 172 Å². The smallest absolute Gasteiger partial charge is 0.270 e. The summed E-state index contributed by atoms with van der Waals surface area (Å²) in [6.45, 7) is 2.01. The van der Waals surface area contributed by atoms with Crippen LogP contribution in [0.15, 0.2) is 65.2 Å². The highest BCUT2D eigenvalue weighted by Gasteiger charge is 2.19. The number of benzene rings is 2. The molecule has 7 heteroatoms. The Balaban J connectivity index is 1.47. The standard InChI is InChI=1S/C22H20N4O2S/c1-2-17-19(21-25-20(26-28-21)16-11-7-4-8-12-16)29-22(23-17)24-18(27)14-13-15-9-5-3-6-10-15/h3-12H,2,13-14H2,1H3,(H,23,24,27). The van der Waals surface area contributed by atoms with Crippen LogP contribution in [0.4, 0.5) is 5.13 Å². The summed E-state index contributed by atoms with van der Waals surface area (Å²) in [7, 11) is 0. The molecule has 0 aliphatic rings. The number of carbonyl (C=O) groups is 1. The molecule has 2 aromatic carbocycles. The topological polar surface area (TPSA) is 80.9 Å². The van der Waals surface area contributed by atoms with Crippen molar-refractivity contribution in [1.29, 1.82) is 0 Å². The summed E-state index contributed by atoms with van der Waals surface area (Å²) in [5.74, 6) is 0.889. The van der Waals surface area contributed by atoms with Gasteiger partial charge >= 0.3 is 0 Å². The van der Waals surface area contributed by atoms with Crippen LogP contribution in [0.3, 0.4) is 0 Å². The molecule has 0 unspecified atom stereocenters. The molecule has 2 heterocycles. The molecule has 0 fully saturated rings. The first kappa shape index (κ1) is 19.0. The predicted molar refractivity (Wildman–Crippen MR) is 114 cm³/mol. The molecule has 0 bridgehead atoms. The van der Waals surface area contributed by atoms with Crippen molar-refractivity contribution in [3.05, 3.63) is 71.9 Å². The summed E-state index contributed by atoms with van der Waals surface area (Å²) in [4.78, 5) is 22.2. The lowest BCUT2D eigenvalue weighted by atomic mass is 10.1. The summed E-state index contributed by atoms with van der Waals surface area (Å²) >= 11 is 1.36. The largest absolute Gasteiger partial charge is 0.333 e. The van der Waals surface area contributed by atoms with Crippen LogP contribution >= 0.6 is 11.3 Å². The van der Waals surface area contributed by atoms with E-state index in [4.69, 9.17) is 4.52 Å². The molecule has 2 aromatic heterocycles. The maximum Gasteiger partial charge on any atom is 0.270 e. The fraction of sp³-hybridized carbons (Fsp3) is 0.182. The zero-order chi connectivity index (χ0) is 20.1. The van der Waals surface area contributed by atoms with Gasteiger partial charge in [0.1, 0.15) is 4.88 Å². The van der Waals surface area contributed by atoms with Gasteiger partial charge in [-0.2, -0.15) is 4.98 Å². The highest BCUT2D eigenvalue weighted by atomic mass is 32.1. The van der Waals surface area contributed by atoms with Crippen LogP contribution < -0.4 is 5.32 Å². The van der Waals surface area contributed by atoms with Crippen LogP contribution in [0.2, 0.25) is 0 Å². The minimum absolute atomic E-state index is 0.0627. The molecule has 146 valence electrons. The number of aryl methyl sites for hydroxylation is 2. The maximum absolute atomic E-state index is 12.3. The van der Waals surface area contributed by atoms with Crippen LogP contribution in [0.25, 0.3) is 22.2 Å². The average Bonchev–Trinajstić information content (AvgIpc) is 3.40. The first-order valence-corrected chi connectivity index (χ1v) is 10.3. The molecule has 0 saturated heterocycles. The number of rotatable bonds is 7. The van der Waals surface area contributed by atoms with Crippen molar-refractivity contribution in [3.8, 4) is 22.2 Å². The molecule has 1 amide bonds. The Morgan fingerprint density at radius 1 is 1.03 bits per heavy atom. The van der Waals surface area contributed by atoms with Gasteiger partial charge in [0.2, 0.25) is 11.7 Å². The third-order valence-electron chi connectivity index (χ3n) is 4.41. The van der Waals surface area contributed by atoms with Gasteiger partial charge in [-0.1, -0.05) is 84.1 Å². The van der Waals surface area contributed by atoms with Gasteiger partial charge in [-0.3, -0.25) is 4.79 Å². The van der Waals surface area contributed by atoms with Crippen molar-refractivity contribution in [2.24, 2.45) is 0 Å². The molecular formula is C22H20N4O2S. The van der Waals surface area contributed by atoms with E-state index in [9.17, 15) is 4.79 Å². The first-order chi connectivity index (χ1) is 14.2. The Morgan fingerprint density at radius 2 is 1.76 bits per heavy atom. The monoisotopic (exact) mass is 404 g/mol. The highest BCUT2D eigenvalue weighted by molar-refractivity contribution is 7.19. The lowest BCUT2D eigenvalue weighted by molar-refractivity contribution is -0.116. The molecule has 0 radical (unpaired) electrons. The zero-order valence-electron chi connectivity index (χ0n) is 16.0. The van der Waals surface area contributed by atoms with Gasteiger partial charge < -0.3 is 9.84 Å². The van der Waals surface area contributed by atoms with Gasteiger partial charge in [-0.15, -0.1) is 0 Å². The molecular weight excluding hydrogens is 384 g/mol. The van der Waals surface area contributed by atoms with Gasteiger partial charge in [0.15, 0.2) is 5.13 Å². The van der Waals surface area contributed by atoms with Crippen LogP contribution in [0.5, 0.6) is 0 Å². The van der Waals surface area contributed by atoms with E-state index in [2.05, 4.69) is 20.4 Å². The number of nitrogens with zero attached hydrogens (tertiary/aromatic N) is 3. The van der Waals surface area contributed by atoms with Crippen molar-refractivity contribution in [1.82, 2.24) is 15.1 Å². The molecule has 0 aliphatic heterocycles. The molecule has 0 atom stereocenters. The van der Waals surface area contributed by atoms with Gasteiger partial charge in [0.25, 0.3) is 5.89 Å². The molecule has 1 N–H and O–H groups in total. The summed E-state index contributed by atoms with van der Waals surface area (Å²) in [5.41, 5.74) is 2.85. The Hall–Kier alpha value is -3.32. The molecule has 0 spiro atoms. The number of thiazole rings is 1. The average molecular weight is 404 g/mol. The van der Waals surface area contributed by atoms with E-state index in [1.54, 1.807) is 0 Å². The summed E-state index contributed by atoms with van der Waals surface area (Å²) in [5, 5.41) is 7.52. The van der Waals surface area contributed by atoms with E-state index >= 15 is 0 Å². The van der Waals surface area contributed by atoms with Crippen LogP contribution in [-0.2, 0) is 17.6 Å². The minimum Gasteiger partial charge on any atom is -0.333 e. The van der Waals surface area contributed by atoms with Gasteiger partial charge in [-0.25, -0.2) is 4.98 Å². The van der Waals surface area contributed by atoms with Crippen molar-refractivity contribution in [2.45, 2.75) is 26.2 Å². The maximum atomic E-state index is 12.3. The Kier molecular flexibility index (Phi) is 5.76. The number of amides is 1. The van der Waals surface area contributed by atoms with E-state index in [-0.39, 0.29) is 5.91 Å². The molecule has 29 heavy (non-hydrogen) atoms. The van der Waals surface area contributed by atoms with Gasteiger partial charge in [-0.05, 0) is 18.4 Å². The highest BCUT2D eigenvalue weighted by Crippen LogP contribution is 2.33. The number of nitrogens with one attached hydrogen (secondary N) is 1. The lowest BCUT2D eigenvalue weighted by Crippen LogP contribution is -2.12. The number of hydrogen-bond acceptors (Lipinski definition) is 6. The number of anilines is 1.